The van der Waals surface area contributed by atoms with E-state index in [1.54, 1.807) is 10.6 Å². The number of aliphatic hydroxyl groups is 1. The normalized spacial score (nSPS) is 12.0. The highest BCUT2D eigenvalue weighted by Crippen LogP contribution is 2.23. The standard InChI is InChI=1S/C22H19FN6O2.C6H14/c1-2-19(30)15-6-4-3-5-13(15)11-28-20-17(26-22(28)31)10-24-21(27-20)29-12-25-16-8-7-14(23)9-18(16)29;1-3-5-6-4-2/h3-10,12,19,30H,2,11H2,1H3,(H,26,31);3-6H2,1-2H3/t19-;/m1./s1. The lowest BCUT2D eigenvalue weighted by Gasteiger charge is -2.14. The van der Waals surface area contributed by atoms with Crippen LogP contribution in [-0.4, -0.2) is 34.2 Å². The third kappa shape index (κ3) is 5.77. The molecule has 0 bridgehead atoms. The lowest BCUT2D eigenvalue weighted by molar-refractivity contribution is 0.172. The highest BCUT2D eigenvalue weighted by atomic mass is 19.1. The van der Waals surface area contributed by atoms with Gasteiger partial charge in [0, 0.05) is 6.07 Å². The molecular weight excluding hydrogens is 471 g/mol. The van der Waals surface area contributed by atoms with E-state index >= 15 is 0 Å². The van der Waals surface area contributed by atoms with E-state index in [-0.39, 0.29) is 24.0 Å². The average Bonchev–Trinajstić information content (AvgIpc) is 3.47. The summed E-state index contributed by atoms with van der Waals surface area (Å²) >= 11 is 0. The van der Waals surface area contributed by atoms with Crippen molar-refractivity contribution in [1.29, 1.82) is 0 Å². The van der Waals surface area contributed by atoms with Crippen molar-refractivity contribution in [1.82, 2.24) is 29.1 Å². The Morgan fingerprint density at radius 3 is 2.54 bits per heavy atom. The van der Waals surface area contributed by atoms with Crippen LogP contribution in [-0.2, 0) is 6.54 Å². The van der Waals surface area contributed by atoms with Crippen molar-refractivity contribution in [3.63, 3.8) is 0 Å². The monoisotopic (exact) mass is 504 g/mol. The predicted octanol–water partition coefficient (Wildman–Crippen LogP) is 5.68. The lowest BCUT2D eigenvalue weighted by atomic mass is 10.0. The average molecular weight is 505 g/mol. The van der Waals surface area contributed by atoms with Gasteiger partial charge in [-0.2, -0.15) is 4.98 Å². The molecule has 3 aromatic heterocycles. The Morgan fingerprint density at radius 2 is 1.81 bits per heavy atom. The Bertz CT molecular complexity index is 1530. The lowest BCUT2D eigenvalue weighted by Crippen LogP contribution is -2.19. The summed E-state index contributed by atoms with van der Waals surface area (Å²) in [5, 5.41) is 10.4. The van der Waals surface area contributed by atoms with Crippen molar-refractivity contribution in [2.24, 2.45) is 0 Å². The SMILES string of the molecule is CCCCCC.CC[C@@H](O)c1ccccc1Cn1c(=O)[nH]c2cnc(-n3cnc4ccc(F)cc43)nc21. The number of hydrogen-bond donors (Lipinski definition) is 2. The number of hydrogen-bond acceptors (Lipinski definition) is 5. The molecule has 0 unspecified atom stereocenters. The summed E-state index contributed by atoms with van der Waals surface area (Å²) in [5.74, 6) is -0.116. The molecule has 0 spiro atoms. The fourth-order valence-corrected chi connectivity index (χ4v) is 4.23. The first-order chi connectivity index (χ1) is 18.0. The van der Waals surface area contributed by atoms with Crippen LogP contribution in [0.15, 0.2) is 59.8 Å². The fraction of sp³-hybridized carbons (Fsp3) is 0.357. The molecule has 0 saturated heterocycles. The summed E-state index contributed by atoms with van der Waals surface area (Å²) in [6, 6.07) is 11.8. The van der Waals surface area contributed by atoms with Crippen LogP contribution in [0.25, 0.3) is 28.1 Å². The van der Waals surface area contributed by atoms with Crippen molar-refractivity contribution in [2.45, 2.75) is 65.5 Å². The van der Waals surface area contributed by atoms with Crippen LogP contribution >= 0.6 is 0 Å². The van der Waals surface area contributed by atoms with E-state index in [1.165, 1.54) is 54.9 Å². The molecule has 2 aromatic carbocycles. The molecule has 9 heteroatoms. The topological polar surface area (TPSA) is 102 Å². The van der Waals surface area contributed by atoms with Gasteiger partial charge in [-0.3, -0.25) is 9.13 Å². The van der Waals surface area contributed by atoms with E-state index in [1.807, 2.05) is 31.2 Å². The second-order valence-electron chi connectivity index (χ2n) is 9.00. The van der Waals surface area contributed by atoms with Crippen LogP contribution < -0.4 is 5.69 Å². The molecule has 0 aliphatic rings. The maximum Gasteiger partial charge on any atom is 0.328 e. The van der Waals surface area contributed by atoms with Crippen LogP contribution in [0.3, 0.4) is 0 Å². The largest absolute Gasteiger partial charge is 0.388 e. The maximum absolute atomic E-state index is 13.8. The minimum atomic E-state index is -0.616. The first-order valence-corrected chi connectivity index (χ1v) is 12.8. The van der Waals surface area contributed by atoms with Gasteiger partial charge in [-0.1, -0.05) is 70.7 Å². The van der Waals surface area contributed by atoms with Gasteiger partial charge in [-0.15, -0.1) is 0 Å². The Labute approximate surface area is 214 Å². The molecule has 5 rings (SSSR count). The zero-order valence-corrected chi connectivity index (χ0v) is 21.5. The van der Waals surface area contributed by atoms with E-state index in [4.69, 9.17) is 0 Å². The summed E-state index contributed by atoms with van der Waals surface area (Å²) in [6.07, 6.45) is 8.53. The van der Waals surface area contributed by atoms with Crippen LogP contribution in [0.1, 0.15) is 70.1 Å². The number of imidazole rings is 2. The summed E-state index contributed by atoms with van der Waals surface area (Å²) < 4.78 is 16.8. The van der Waals surface area contributed by atoms with Gasteiger partial charge < -0.3 is 10.1 Å². The van der Waals surface area contributed by atoms with Gasteiger partial charge in [-0.05, 0) is 29.7 Å². The number of fused-ring (bicyclic) bond motifs is 2. The second-order valence-corrected chi connectivity index (χ2v) is 9.00. The summed E-state index contributed by atoms with van der Waals surface area (Å²) in [5.41, 5.74) is 3.31. The zero-order chi connectivity index (χ0) is 26.4. The number of nitrogens with zero attached hydrogens (tertiary/aromatic N) is 5. The smallest absolute Gasteiger partial charge is 0.328 e. The molecule has 0 saturated carbocycles. The van der Waals surface area contributed by atoms with Gasteiger partial charge in [0.1, 0.15) is 17.7 Å². The molecule has 0 aliphatic heterocycles. The van der Waals surface area contributed by atoms with Crippen LogP contribution in [0.2, 0.25) is 0 Å². The van der Waals surface area contributed by atoms with E-state index in [0.29, 0.717) is 28.6 Å². The van der Waals surface area contributed by atoms with Gasteiger partial charge in [0.2, 0.25) is 5.95 Å². The van der Waals surface area contributed by atoms with Gasteiger partial charge in [-0.25, -0.2) is 19.2 Å². The first-order valence-electron chi connectivity index (χ1n) is 12.8. The van der Waals surface area contributed by atoms with Crippen LogP contribution in [0.4, 0.5) is 4.39 Å². The first kappa shape index (κ1) is 26.2. The van der Waals surface area contributed by atoms with Crippen LogP contribution in [0, 0.1) is 5.82 Å². The summed E-state index contributed by atoms with van der Waals surface area (Å²) in [4.78, 5) is 28.6. The highest BCUT2D eigenvalue weighted by Gasteiger charge is 2.16. The van der Waals surface area contributed by atoms with Gasteiger partial charge in [0.15, 0.2) is 5.65 Å². The van der Waals surface area contributed by atoms with Crippen molar-refractivity contribution in [3.8, 4) is 5.95 Å². The number of nitrogens with one attached hydrogen (secondary N) is 1. The molecule has 5 aromatic rings. The van der Waals surface area contributed by atoms with Crippen molar-refractivity contribution in [3.05, 3.63) is 82.4 Å². The number of aliphatic hydroxyl groups excluding tert-OH is 1. The van der Waals surface area contributed by atoms with Gasteiger partial charge in [0.25, 0.3) is 0 Å². The fourth-order valence-electron chi connectivity index (χ4n) is 4.23. The number of rotatable bonds is 8. The molecule has 3 heterocycles. The molecule has 1 atom stereocenters. The number of aromatic amines is 1. The van der Waals surface area contributed by atoms with E-state index in [2.05, 4.69) is 33.8 Å². The highest BCUT2D eigenvalue weighted by molar-refractivity contribution is 5.77. The molecule has 0 amide bonds. The van der Waals surface area contributed by atoms with E-state index in [9.17, 15) is 14.3 Å². The van der Waals surface area contributed by atoms with Gasteiger partial charge in [0.05, 0.1) is 29.9 Å². The number of benzene rings is 2. The molecule has 2 N–H and O–H groups in total. The molecule has 0 aliphatic carbocycles. The molecule has 0 fully saturated rings. The Hall–Kier alpha value is -3.85. The van der Waals surface area contributed by atoms with E-state index < -0.39 is 6.10 Å². The molecule has 37 heavy (non-hydrogen) atoms. The molecular formula is C28H33FN6O2. The molecule has 8 nitrogen and oxygen atoms in total. The van der Waals surface area contributed by atoms with Crippen molar-refractivity contribution >= 4 is 22.2 Å². The van der Waals surface area contributed by atoms with Crippen molar-refractivity contribution < 1.29 is 9.50 Å². The Kier molecular flexibility index (Phi) is 8.45. The van der Waals surface area contributed by atoms with Crippen LogP contribution in [0.5, 0.6) is 0 Å². The minimum Gasteiger partial charge on any atom is -0.388 e. The molecule has 194 valence electrons. The predicted molar refractivity (Wildman–Crippen MR) is 143 cm³/mol. The number of aromatic nitrogens is 6. The summed E-state index contributed by atoms with van der Waals surface area (Å²) in [6.45, 7) is 6.60. The Morgan fingerprint density at radius 1 is 1.05 bits per heavy atom. The zero-order valence-electron chi connectivity index (χ0n) is 21.5. The summed E-state index contributed by atoms with van der Waals surface area (Å²) in [7, 11) is 0. The third-order valence-electron chi connectivity index (χ3n) is 6.31. The third-order valence-corrected chi connectivity index (χ3v) is 6.31. The van der Waals surface area contributed by atoms with Crippen molar-refractivity contribution in [2.75, 3.05) is 0 Å². The number of unbranched alkanes of at least 4 members (excludes halogenated alkanes) is 3. The quantitative estimate of drug-likeness (QED) is 0.265. The second kappa shape index (κ2) is 11.9. The Balaban J connectivity index is 0.000000480. The molecule has 0 radical (unpaired) electrons. The maximum atomic E-state index is 13.8. The number of halogens is 1. The van der Waals surface area contributed by atoms with E-state index in [0.717, 1.165) is 11.1 Å². The van der Waals surface area contributed by atoms with Gasteiger partial charge >= 0.3 is 5.69 Å². The number of H-pyrrole nitrogens is 1. The minimum absolute atomic E-state index is 0.238.